The molecule has 0 saturated heterocycles. The van der Waals surface area contributed by atoms with E-state index in [9.17, 15) is 0 Å². The van der Waals surface area contributed by atoms with Crippen molar-refractivity contribution in [2.24, 2.45) is 5.84 Å². The number of hydrazine groups is 1. The number of rotatable bonds is 6. The van der Waals surface area contributed by atoms with Crippen molar-refractivity contribution >= 4 is 23.9 Å². The molecular formula is C19H25N3OS. The molecule has 24 heavy (non-hydrogen) atoms. The van der Waals surface area contributed by atoms with E-state index in [0.29, 0.717) is 6.41 Å². The molecule has 1 saturated carbocycles. The monoisotopic (exact) mass is 343 g/mol. The molecule has 0 atom stereocenters. The first-order chi connectivity index (χ1) is 11.7. The van der Waals surface area contributed by atoms with Gasteiger partial charge in [-0.05, 0) is 48.4 Å². The summed E-state index contributed by atoms with van der Waals surface area (Å²) in [6, 6.07) is 15.4. The number of nitrogens with two attached hydrogens (primary N) is 1. The third-order valence-corrected chi connectivity index (χ3v) is 5.28. The maximum absolute atomic E-state index is 8.94. The van der Waals surface area contributed by atoms with Gasteiger partial charge in [0, 0.05) is 23.4 Å². The lowest BCUT2D eigenvalue weighted by Gasteiger charge is -2.13. The third-order valence-electron chi connectivity index (χ3n) is 3.99. The Kier molecular flexibility index (Phi) is 7.15. The number of hydrogen-bond acceptors (Lipinski definition) is 4. The second-order valence-electron chi connectivity index (χ2n) is 5.75. The van der Waals surface area contributed by atoms with E-state index in [1.807, 2.05) is 18.8 Å². The zero-order valence-electron chi connectivity index (χ0n) is 14.2. The quantitative estimate of drug-likeness (QED) is 0.245. The fourth-order valence-corrected chi connectivity index (χ4v) is 3.83. The van der Waals surface area contributed by atoms with Crippen LogP contribution in [0.4, 0.5) is 5.69 Å². The first kappa shape index (κ1) is 18.4. The van der Waals surface area contributed by atoms with Crippen LogP contribution >= 0.6 is 11.8 Å². The first-order valence-electron chi connectivity index (χ1n) is 8.09. The molecule has 1 amide bonds. The van der Waals surface area contributed by atoms with Gasteiger partial charge in [0.05, 0.1) is 0 Å². The zero-order chi connectivity index (χ0) is 17.4. The minimum atomic E-state index is 0.403. The van der Waals surface area contributed by atoms with E-state index >= 15 is 0 Å². The van der Waals surface area contributed by atoms with Crippen LogP contribution < -0.4 is 16.6 Å². The van der Waals surface area contributed by atoms with Crippen LogP contribution in [0.25, 0.3) is 0 Å². The van der Waals surface area contributed by atoms with Gasteiger partial charge in [-0.15, -0.1) is 11.8 Å². The largest absolute Gasteiger partial charge is 0.387 e. The Bertz CT molecular complexity index is 671. The molecule has 4 nitrogen and oxygen atoms in total. The number of nitrogens with one attached hydrogen (secondary N) is 2. The number of amides is 1. The van der Waals surface area contributed by atoms with Gasteiger partial charge in [0.2, 0.25) is 6.41 Å². The molecule has 1 aliphatic rings. The summed E-state index contributed by atoms with van der Waals surface area (Å²) in [6.07, 6.45) is 3.14. The molecule has 2 aromatic rings. The Morgan fingerprint density at radius 2 is 1.92 bits per heavy atom. The molecule has 0 bridgehead atoms. The fourth-order valence-electron chi connectivity index (χ4n) is 2.65. The van der Waals surface area contributed by atoms with E-state index in [4.69, 9.17) is 4.79 Å². The summed E-state index contributed by atoms with van der Waals surface area (Å²) in [6.45, 7) is 2.19. The van der Waals surface area contributed by atoms with Gasteiger partial charge in [-0.25, -0.2) is 5.84 Å². The van der Waals surface area contributed by atoms with Crippen molar-refractivity contribution in [3.05, 3.63) is 59.2 Å². The first-order valence-corrected chi connectivity index (χ1v) is 9.07. The molecule has 128 valence electrons. The van der Waals surface area contributed by atoms with Gasteiger partial charge in [-0.3, -0.25) is 10.2 Å². The highest BCUT2D eigenvalue weighted by atomic mass is 32.2. The van der Waals surface area contributed by atoms with Crippen LogP contribution in [0, 0.1) is 6.92 Å². The summed E-state index contributed by atoms with van der Waals surface area (Å²) in [7, 11) is 2.00. The third kappa shape index (κ3) is 5.01. The molecule has 0 radical (unpaired) electrons. The van der Waals surface area contributed by atoms with E-state index in [2.05, 4.69) is 60.5 Å². The van der Waals surface area contributed by atoms with Gasteiger partial charge in [-0.2, -0.15) is 0 Å². The average Bonchev–Trinajstić information content (AvgIpc) is 3.46. The van der Waals surface area contributed by atoms with Crippen molar-refractivity contribution in [3.63, 3.8) is 0 Å². The van der Waals surface area contributed by atoms with Crippen LogP contribution in [0.15, 0.2) is 47.4 Å². The molecule has 3 rings (SSSR count). The van der Waals surface area contributed by atoms with Gasteiger partial charge < -0.3 is 5.32 Å². The number of anilines is 1. The minimum Gasteiger partial charge on any atom is -0.387 e. The molecule has 4 N–H and O–H groups in total. The zero-order valence-corrected chi connectivity index (χ0v) is 15.0. The van der Waals surface area contributed by atoms with Crippen molar-refractivity contribution in [2.45, 2.75) is 36.3 Å². The minimum absolute atomic E-state index is 0.403. The van der Waals surface area contributed by atoms with Crippen LogP contribution in [-0.2, 0) is 10.5 Å². The predicted molar refractivity (Wildman–Crippen MR) is 102 cm³/mol. The summed E-state index contributed by atoms with van der Waals surface area (Å²) < 4.78 is 0. The highest BCUT2D eigenvalue weighted by Gasteiger charge is 2.25. The predicted octanol–water partition coefficient (Wildman–Crippen LogP) is 3.81. The summed E-state index contributed by atoms with van der Waals surface area (Å²) in [5.41, 5.74) is 7.41. The maximum atomic E-state index is 8.94. The summed E-state index contributed by atoms with van der Waals surface area (Å²) in [5, 5.41) is 3.30. The second kappa shape index (κ2) is 9.35. The standard InChI is InChI=1S/C18H21NS.CH4N2O/c1-13-6-5-9-17(19-2)18(13)20-12-15-7-3-4-8-16(15)14-10-11-14;2-3-1-4/h3-9,14,19H,10-12H2,1-2H3;1H,2H2,(H,3,4). The smallest absolute Gasteiger partial charge is 0.221 e. The van der Waals surface area contributed by atoms with Crippen LogP contribution in [0.3, 0.4) is 0 Å². The number of hydrogen-bond donors (Lipinski definition) is 3. The SMILES string of the molecule is CNc1cccc(C)c1SCc1ccccc1C1CC1.NNC=O. The lowest BCUT2D eigenvalue weighted by molar-refractivity contribution is -0.109. The molecular weight excluding hydrogens is 318 g/mol. The van der Waals surface area contributed by atoms with Crippen molar-refractivity contribution in [3.8, 4) is 0 Å². The Morgan fingerprint density at radius 3 is 2.54 bits per heavy atom. The lowest BCUT2D eigenvalue weighted by Crippen LogP contribution is -2.18. The number of thioether (sulfide) groups is 1. The van der Waals surface area contributed by atoms with Gasteiger partial charge in [0.1, 0.15) is 0 Å². The number of aryl methyl sites for hydroxylation is 1. The van der Waals surface area contributed by atoms with E-state index in [1.165, 1.54) is 34.6 Å². The number of carbonyl (C=O) groups is 1. The van der Waals surface area contributed by atoms with E-state index < -0.39 is 0 Å². The van der Waals surface area contributed by atoms with Crippen molar-refractivity contribution in [1.82, 2.24) is 5.43 Å². The molecule has 0 spiro atoms. The maximum Gasteiger partial charge on any atom is 0.221 e. The Hall–Kier alpha value is -1.98. The van der Waals surface area contributed by atoms with Crippen LogP contribution in [0.1, 0.15) is 35.4 Å². The molecule has 5 heteroatoms. The second-order valence-corrected chi connectivity index (χ2v) is 6.73. The number of carbonyl (C=O) groups excluding carboxylic acids is 1. The van der Waals surface area contributed by atoms with Crippen LogP contribution in [0.2, 0.25) is 0 Å². The molecule has 1 fully saturated rings. The highest BCUT2D eigenvalue weighted by Crippen LogP contribution is 2.43. The van der Waals surface area contributed by atoms with Gasteiger partial charge >= 0.3 is 0 Å². The molecule has 0 heterocycles. The Labute approximate surface area is 148 Å². The topological polar surface area (TPSA) is 67.2 Å². The van der Waals surface area contributed by atoms with E-state index in [1.54, 1.807) is 11.0 Å². The van der Waals surface area contributed by atoms with Crippen LogP contribution in [0.5, 0.6) is 0 Å². The molecule has 0 unspecified atom stereocenters. The molecule has 1 aliphatic carbocycles. The van der Waals surface area contributed by atoms with Crippen molar-refractivity contribution < 1.29 is 4.79 Å². The van der Waals surface area contributed by atoms with Gasteiger partial charge in [0.15, 0.2) is 0 Å². The molecule has 0 aromatic heterocycles. The van der Waals surface area contributed by atoms with E-state index in [-0.39, 0.29) is 0 Å². The highest BCUT2D eigenvalue weighted by molar-refractivity contribution is 7.98. The van der Waals surface area contributed by atoms with Crippen molar-refractivity contribution in [2.75, 3.05) is 12.4 Å². The lowest BCUT2D eigenvalue weighted by atomic mass is 10.1. The summed E-state index contributed by atoms with van der Waals surface area (Å²) >= 11 is 1.95. The average molecular weight is 343 g/mol. The summed E-state index contributed by atoms with van der Waals surface area (Å²) in [4.78, 5) is 10.3. The van der Waals surface area contributed by atoms with Gasteiger partial charge in [-0.1, -0.05) is 36.4 Å². The molecule has 2 aromatic carbocycles. The fraction of sp³-hybridized carbons (Fsp3) is 0.316. The van der Waals surface area contributed by atoms with Gasteiger partial charge in [0.25, 0.3) is 0 Å². The molecule has 0 aliphatic heterocycles. The Balaban J connectivity index is 0.000000471. The summed E-state index contributed by atoms with van der Waals surface area (Å²) in [5.74, 6) is 6.30. The van der Waals surface area contributed by atoms with E-state index in [0.717, 1.165) is 11.7 Å². The van der Waals surface area contributed by atoms with Crippen LogP contribution in [-0.4, -0.2) is 13.5 Å². The Morgan fingerprint density at radius 1 is 1.21 bits per heavy atom. The normalized spacial score (nSPS) is 12.8. The number of benzene rings is 2. The van der Waals surface area contributed by atoms with Crippen molar-refractivity contribution in [1.29, 1.82) is 0 Å².